The van der Waals surface area contributed by atoms with Gasteiger partial charge in [0.2, 0.25) is 0 Å². The van der Waals surface area contributed by atoms with E-state index in [9.17, 15) is 4.79 Å². The van der Waals surface area contributed by atoms with E-state index in [0.717, 1.165) is 25.6 Å². The highest BCUT2D eigenvalue weighted by atomic mass is 16.2. The van der Waals surface area contributed by atoms with E-state index in [1.807, 2.05) is 11.9 Å². The third-order valence-electron chi connectivity index (χ3n) is 4.51. The number of rotatable bonds is 2. The van der Waals surface area contributed by atoms with Crippen LogP contribution < -0.4 is 0 Å². The largest absolute Gasteiger partial charge is 0.327 e. The van der Waals surface area contributed by atoms with E-state index < -0.39 is 0 Å². The Kier molecular flexibility index (Phi) is 4.90. The molecule has 0 aromatic carbocycles. The third-order valence-corrected chi connectivity index (χ3v) is 4.51. The lowest BCUT2D eigenvalue weighted by molar-refractivity contribution is 0.130. The van der Waals surface area contributed by atoms with E-state index in [2.05, 4.69) is 11.8 Å². The topological polar surface area (TPSA) is 23.6 Å². The fraction of sp³-hybridized carbons (Fsp3) is 0.933. The molecular weight excluding hydrogens is 224 g/mol. The summed E-state index contributed by atoms with van der Waals surface area (Å²) in [6.07, 6.45) is 9.17. The molecule has 1 atom stereocenters. The molecule has 0 radical (unpaired) electrons. The number of amides is 2. The Hall–Kier alpha value is -0.730. The van der Waals surface area contributed by atoms with Crippen LogP contribution >= 0.6 is 0 Å². The van der Waals surface area contributed by atoms with Crippen LogP contribution in [0.25, 0.3) is 0 Å². The fourth-order valence-corrected chi connectivity index (χ4v) is 3.44. The number of likely N-dealkylation sites (tertiary alicyclic amines) is 1. The zero-order valence-electron chi connectivity index (χ0n) is 12.0. The Balaban J connectivity index is 1.79. The van der Waals surface area contributed by atoms with Crippen molar-refractivity contribution in [2.24, 2.45) is 11.8 Å². The quantitative estimate of drug-likeness (QED) is 0.739. The number of nitrogens with zero attached hydrogens (tertiary/aromatic N) is 2. The molecule has 0 bridgehead atoms. The minimum atomic E-state index is 0.257. The third kappa shape index (κ3) is 3.63. The lowest BCUT2D eigenvalue weighted by Gasteiger charge is -2.35. The van der Waals surface area contributed by atoms with Gasteiger partial charge >= 0.3 is 6.03 Å². The van der Waals surface area contributed by atoms with Crippen LogP contribution in [0.1, 0.15) is 51.9 Å². The molecule has 3 nitrogen and oxygen atoms in total. The number of hydrogen-bond donors (Lipinski definition) is 0. The average molecular weight is 252 g/mol. The highest BCUT2D eigenvalue weighted by Crippen LogP contribution is 2.25. The van der Waals surface area contributed by atoms with Crippen LogP contribution in [0.4, 0.5) is 4.79 Å². The van der Waals surface area contributed by atoms with Crippen LogP contribution in [0.3, 0.4) is 0 Å². The van der Waals surface area contributed by atoms with Crippen LogP contribution in [0.15, 0.2) is 0 Å². The molecule has 2 aliphatic rings. The number of urea groups is 1. The van der Waals surface area contributed by atoms with Gasteiger partial charge in [-0.25, -0.2) is 4.79 Å². The van der Waals surface area contributed by atoms with Crippen molar-refractivity contribution >= 4 is 6.03 Å². The molecule has 1 saturated heterocycles. The van der Waals surface area contributed by atoms with Crippen molar-refractivity contribution in [2.75, 3.05) is 26.7 Å². The van der Waals surface area contributed by atoms with Gasteiger partial charge in [0.05, 0.1) is 0 Å². The summed E-state index contributed by atoms with van der Waals surface area (Å²) in [7, 11) is 1.98. The maximum absolute atomic E-state index is 12.4. The van der Waals surface area contributed by atoms with Crippen molar-refractivity contribution in [1.29, 1.82) is 0 Å². The first-order chi connectivity index (χ1) is 8.66. The lowest BCUT2D eigenvalue weighted by atomic mass is 9.89. The molecule has 0 spiro atoms. The maximum Gasteiger partial charge on any atom is 0.319 e. The van der Waals surface area contributed by atoms with Gasteiger partial charge in [0.25, 0.3) is 0 Å². The average Bonchev–Trinajstić information content (AvgIpc) is 2.39. The monoisotopic (exact) mass is 252 g/mol. The summed E-state index contributed by atoms with van der Waals surface area (Å²) in [6, 6.07) is 0.257. The van der Waals surface area contributed by atoms with Gasteiger partial charge in [0.15, 0.2) is 0 Å². The first-order valence-electron chi connectivity index (χ1n) is 7.67. The van der Waals surface area contributed by atoms with E-state index in [-0.39, 0.29) is 6.03 Å². The first kappa shape index (κ1) is 13.7. The molecule has 104 valence electrons. The van der Waals surface area contributed by atoms with Crippen LogP contribution in [-0.4, -0.2) is 42.5 Å². The van der Waals surface area contributed by atoms with Gasteiger partial charge < -0.3 is 9.80 Å². The predicted octanol–water partition coefficient (Wildman–Crippen LogP) is 3.35. The Morgan fingerprint density at radius 3 is 2.56 bits per heavy atom. The van der Waals surface area contributed by atoms with Crippen molar-refractivity contribution in [3.05, 3.63) is 0 Å². The van der Waals surface area contributed by atoms with Gasteiger partial charge in [-0.2, -0.15) is 0 Å². The standard InChI is InChI=1S/C15H28N2O/c1-13-7-6-10-17(11-13)15(18)16(2)12-14-8-4-3-5-9-14/h13-14H,3-12H2,1-2H3. The normalized spacial score (nSPS) is 26.1. The summed E-state index contributed by atoms with van der Waals surface area (Å²) < 4.78 is 0. The Morgan fingerprint density at radius 2 is 1.89 bits per heavy atom. The molecule has 2 rings (SSSR count). The molecule has 0 N–H and O–H groups in total. The summed E-state index contributed by atoms with van der Waals surface area (Å²) >= 11 is 0. The van der Waals surface area contributed by atoms with Crippen molar-refractivity contribution in [2.45, 2.75) is 51.9 Å². The maximum atomic E-state index is 12.4. The first-order valence-corrected chi connectivity index (χ1v) is 7.67. The van der Waals surface area contributed by atoms with Gasteiger partial charge in [0, 0.05) is 26.7 Å². The second kappa shape index (κ2) is 6.44. The van der Waals surface area contributed by atoms with E-state index in [4.69, 9.17) is 0 Å². The van der Waals surface area contributed by atoms with Crippen molar-refractivity contribution in [3.63, 3.8) is 0 Å². The number of carbonyl (C=O) groups is 1. The van der Waals surface area contributed by atoms with E-state index >= 15 is 0 Å². The van der Waals surface area contributed by atoms with Crippen molar-refractivity contribution < 1.29 is 4.79 Å². The second-order valence-electron chi connectivity index (χ2n) is 6.36. The predicted molar refractivity (Wildman–Crippen MR) is 74.6 cm³/mol. The number of carbonyl (C=O) groups excluding carboxylic acids is 1. The summed E-state index contributed by atoms with van der Waals surface area (Å²) in [4.78, 5) is 16.4. The number of piperidine rings is 1. The van der Waals surface area contributed by atoms with Crippen LogP contribution in [0.5, 0.6) is 0 Å². The van der Waals surface area contributed by atoms with Gasteiger partial charge in [-0.15, -0.1) is 0 Å². The van der Waals surface area contributed by atoms with E-state index in [1.54, 1.807) is 0 Å². The Morgan fingerprint density at radius 1 is 1.17 bits per heavy atom. The van der Waals surface area contributed by atoms with Crippen molar-refractivity contribution in [3.8, 4) is 0 Å². The van der Waals surface area contributed by atoms with Gasteiger partial charge in [-0.3, -0.25) is 0 Å². The minimum Gasteiger partial charge on any atom is -0.327 e. The van der Waals surface area contributed by atoms with Gasteiger partial charge in [-0.05, 0) is 37.5 Å². The van der Waals surface area contributed by atoms with Gasteiger partial charge in [0.1, 0.15) is 0 Å². The molecule has 1 saturated carbocycles. The fourth-order valence-electron chi connectivity index (χ4n) is 3.44. The summed E-state index contributed by atoms with van der Waals surface area (Å²) in [6.45, 7) is 5.12. The molecule has 1 aliphatic carbocycles. The lowest BCUT2D eigenvalue weighted by Crippen LogP contribution is -2.47. The molecule has 2 fully saturated rings. The van der Waals surface area contributed by atoms with E-state index in [0.29, 0.717) is 5.92 Å². The van der Waals surface area contributed by atoms with Crippen LogP contribution in [0.2, 0.25) is 0 Å². The molecule has 1 heterocycles. The molecule has 1 unspecified atom stereocenters. The van der Waals surface area contributed by atoms with Crippen molar-refractivity contribution in [1.82, 2.24) is 9.80 Å². The highest BCUT2D eigenvalue weighted by Gasteiger charge is 2.25. The molecule has 1 aliphatic heterocycles. The summed E-state index contributed by atoms with van der Waals surface area (Å²) in [5.74, 6) is 1.42. The smallest absolute Gasteiger partial charge is 0.319 e. The van der Waals surface area contributed by atoms with Crippen LogP contribution in [-0.2, 0) is 0 Å². The number of hydrogen-bond acceptors (Lipinski definition) is 1. The highest BCUT2D eigenvalue weighted by molar-refractivity contribution is 5.74. The summed E-state index contributed by atoms with van der Waals surface area (Å²) in [5.41, 5.74) is 0. The molecule has 0 aromatic rings. The Bertz CT molecular complexity index is 274. The van der Waals surface area contributed by atoms with Crippen LogP contribution in [0, 0.1) is 11.8 Å². The Labute approximate surface area is 112 Å². The molecule has 3 heteroatoms. The SMILES string of the molecule is CC1CCCN(C(=O)N(C)CC2CCCCC2)C1. The zero-order valence-corrected chi connectivity index (χ0v) is 12.0. The molecule has 0 aromatic heterocycles. The molecule has 2 amide bonds. The summed E-state index contributed by atoms with van der Waals surface area (Å²) in [5, 5.41) is 0. The van der Waals surface area contributed by atoms with Gasteiger partial charge in [-0.1, -0.05) is 26.2 Å². The second-order valence-corrected chi connectivity index (χ2v) is 6.36. The molecular formula is C15H28N2O. The zero-order chi connectivity index (χ0) is 13.0. The van der Waals surface area contributed by atoms with E-state index in [1.165, 1.54) is 44.9 Å². The minimum absolute atomic E-state index is 0.257. The molecule has 18 heavy (non-hydrogen) atoms.